The van der Waals surface area contributed by atoms with Gasteiger partial charge in [0.2, 0.25) is 0 Å². The van der Waals surface area contributed by atoms with Crippen LogP contribution in [0.15, 0.2) is 103 Å². The number of rotatable bonds is 12. The fraction of sp³-hybridized carbons (Fsp3) is 0.355. The first kappa shape index (κ1) is 25.3. The van der Waals surface area contributed by atoms with Crippen LogP contribution in [0.2, 0.25) is 0 Å². The number of ether oxygens (including phenoxy) is 3. The van der Waals surface area contributed by atoms with Crippen molar-refractivity contribution in [2.24, 2.45) is 17.3 Å². The van der Waals surface area contributed by atoms with Crippen molar-refractivity contribution in [1.29, 1.82) is 0 Å². The Balaban J connectivity index is 1.49. The summed E-state index contributed by atoms with van der Waals surface area (Å²) in [5.74, 6) is 0.0189. The zero-order valence-corrected chi connectivity index (χ0v) is 20.5. The zero-order valence-electron chi connectivity index (χ0n) is 20.5. The Morgan fingerprint density at radius 3 is 1.74 bits per heavy atom. The Bertz CT molecular complexity index is 1020. The van der Waals surface area contributed by atoms with Crippen LogP contribution in [0.25, 0.3) is 0 Å². The maximum absolute atomic E-state index is 10.2. The first-order valence-electron chi connectivity index (χ1n) is 12.4. The fourth-order valence-corrected chi connectivity index (χ4v) is 4.84. The van der Waals surface area contributed by atoms with Crippen LogP contribution >= 0.6 is 0 Å². The van der Waals surface area contributed by atoms with E-state index < -0.39 is 0 Å². The topological polar surface area (TPSA) is 47.9 Å². The summed E-state index contributed by atoms with van der Waals surface area (Å²) in [6, 6.07) is 30.6. The largest absolute Gasteiger partial charge is 0.396 e. The van der Waals surface area contributed by atoms with Gasteiger partial charge in [-0.3, -0.25) is 0 Å². The lowest BCUT2D eigenvalue weighted by Crippen LogP contribution is -2.51. The second kappa shape index (κ2) is 12.8. The molecule has 1 aliphatic carbocycles. The lowest BCUT2D eigenvalue weighted by Gasteiger charge is -2.47. The van der Waals surface area contributed by atoms with Crippen LogP contribution in [0.4, 0.5) is 0 Å². The van der Waals surface area contributed by atoms with E-state index in [0.717, 1.165) is 16.7 Å². The summed E-state index contributed by atoms with van der Waals surface area (Å²) in [6.07, 6.45) is 4.03. The monoisotopic (exact) mass is 472 g/mol. The molecule has 0 aliphatic heterocycles. The molecule has 0 fully saturated rings. The molecule has 0 unspecified atom stereocenters. The highest BCUT2D eigenvalue weighted by molar-refractivity contribution is 5.17. The summed E-state index contributed by atoms with van der Waals surface area (Å²) in [5, 5.41) is 10.2. The van der Waals surface area contributed by atoms with E-state index in [4.69, 9.17) is 14.2 Å². The van der Waals surface area contributed by atoms with E-state index >= 15 is 0 Å². The summed E-state index contributed by atoms with van der Waals surface area (Å²) in [5.41, 5.74) is 3.04. The molecule has 1 N–H and O–H groups in total. The molecule has 4 nitrogen and oxygen atoms in total. The van der Waals surface area contributed by atoms with Crippen LogP contribution in [0.1, 0.15) is 23.6 Å². The van der Waals surface area contributed by atoms with Gasteiger partial charge in [-0.05, 0) is 16.7 Å². The highest BCUT2D eigenvalue weighted by Crippen LogP contribution is 2.43. The van der Waals surface area contributed by atoms with Crippen molar-refractivity contribution >= 4 is 0 Å². The molecule has 0 heterocycles. The predicted octanol–water partition coefficient (Wildman–Crippen LogP) is 5.81. The summed E-state index contributed by atoms with van der Waals surface area (Å²) >= 11 is 0. The third kappa shape index (κ3) is 6.89. The molecule has 0 bridgehead atoms. The molecule has 0 aromatic heterocycles. The lowest BCUT2D eigenvalue weighted by molar-refractivity contribution is -0.126. The van der Waals surface area contributed by atoms with Crippen molar-refractivity contribution in [3.8, 4) is 0 Å². The maximum atomic E-state index is 10.2. The van der Waals surface area contributed by atoms with Crippen LogP contribution in [0.5, 0.6) is 0 Å². The van der Waals surface area contributed by atoms with Crippen molar-refractivity contribution in [3.05, 3.63) is 120 Å². The van der Waals surface area contributed by atoms with Gasteiger partial charge in [0.25, 0.3) is 0 Å². The molecule has 0 spiro atoms. The van der Waals surface area contributed by atoms with Crippen LogP contribution in [-0.4, -0.2) is 31.0 Å². The van der Waals surface area contributed by atoms with Gasteiger partial charge in [0.15, 0.2) is 0 Å². The second-order valence-corrected chi connectivity index (χ2v) is 9.54. The summed E-state index contributed by atoms with van der Waals surface area (Å²) in [7, 11) is 0. The van der Waals surface area contributed by atoms with Crippen molar-refractivity contribution in [1.82, 2.24) is 0 Å². The van der Waals surface area contributed by atoms with Crippen LogP contribution in [0, 0.1) is 17.3 Å². The number of aliphatic hydroxyl groups is 1. The van der Waals surface area contributed by atoms with Crippen molar-refractivity contribution in [3.63, 3.8) is 0 Å². The number of benzene rings is 3. The van der Waals surface area contributed by atoms with E-state index in [2.05, 4.69) is 55.5 Å². The van der Waals surface area contributed by atoms with Crippen LogP contribution < -0.4 is 0 Å². The predicted molar refractivity (Wildman–Crippen MR) is 139 cm³/mol. The third-order valence-electron chi connectivity index (χ3n) is 6.96. The first-order chi connectivity index (χ1) is 17.2. The quantitative estimate of drug-likeness (QED) is 0.338. The molecule has 3 aromatic rings. The van der Waals surface area contributed by atoms with Gasteiger partial charge in [-0.1, -0.05) is 110 Å². The molecule has 184 valence electrons. The number of hydrogen-bond acceptors (Lipinski definition) is 4. The van der Waals surface area contributed by atoms with Gasteiger partial charge < -0.3 is 19.3 Å². The van der Waals surface area contributed by atoms with E-state index in [1.807, 2.05) is 54.6 Å². The third-order valence-corrected chi connectivity index (χ3v) is 6.96. The molecule has 0 saturated carbocycles. The number of aliphatic hydroxyl groups excluding tert-OH is 1. The van der Waals surface area contributed by atoms with Gasteiger partial charge in [0.05, 0.1) is 39.1 Å². The molecule has 0 saturated heterocycles. The Hall–Kier alpha value is -2.76. The molecule has 35 heavy (non-hydrogen) atoms. The Labute approximate surface area is 209 Å². The number of hydrogen-bond donors (Lipinski definition) is 1. The van der Waals surface area contributed by atoms with Crippen molar-refractivity contribution < 1.29 is 19.3 Å². The highest BCUT2D eigenvalue weighted by atomic mass is 16.5. The van der Waals surface area contributed by atoms with E-state index in [0.29, 0.717) is 33.0 Å². The first-order valence-corrected chi connectivity index (χ1v) is 12.4. The molecule has 4 rings (SSSR count). The average molecular weight is 473 g/mol. The summed E-state index contributed by atoms with van der Waals surface area (Å²) < 4.78 is 19.0. The minimum Gasteiger partial charge on any atom is -0.396 e. The summed E-state index contributed by atoms with van der Waals surface area (Å²) in [4.78, 5) is 0. The van der Waals surface area contributed by atoms with Crippen LogP contribution in [-0.2, 0) is 34.0 Å². The normalized spacial score (nSPS) is 23.9. The second-order valence-electron chi connectivity index (χ2n) is 9.54. The standard InChI is InChI=1S/C31H36O4/c1-31(24-34-21-26-13-7-3-8-14-26)29(23-33-20-25-11-5-2-6-12-25)28(19-32)17-18-30(31)35-22-27-15-9-4-10-16-27/h2-18,28-30,32H,19-24H2,1H3/t28-,29-,30-,31-/m0/s1. The van der Waals surface area contributed by atoms with Crippen molar-refractivity contribution in [2.75, 3.05) is 19.8 Å². The average Bonchev–Trinajstić information content (AvgIpc) is 2.91. The van der Waals surface area contributed by atoms with Crippen LogP contribution in [0.3, 0.4) is 0 Å². The molecule has 3 aromatic carbocycles. The zero-order chi connectivity index (χ0) is 24.3. The minimum absolute atomic E-state index is 0.0207. The SMILES string of the molecule is C[C@@]1(COCc2ccccc2)[C@@H](OCc2ccccc2)C=C[C@@H](CO)[C@@H]1COCc1ccccc1. The molecule has 4 atom stereocenters. The molecule has 0 amide bonds. The van der Waals surface area contributed by atoms with E-state index in [1.54, 1.807) is 0 Å². The summed E-state index contributed by atoms with van der Waals surface area (Å²) in [6.45, 7) is 4.88. The van der Waals surface area contributed by atoms with E-state index in [1.165, 1.54) is 0 Å². The molecular formula is C31H36O4. The maximum Gasteiger partial charge on any atom is 0.0839 e. The van der Waals surface area contributed by atoms with Gasteiger partial charge in [-0.25, -0.2) is 0 Å². The van der Waals surface area contributed by atoms with Gasteiger partial charge in [-0.15, -0.1) is 0 Å². The smallest absolute Gasteiger partial charge is 0.0839 e. The van der Waals surface area contributed by atoms with E-state index in [-0.39, 0.29) is 30.0 Å². The minimum atomic E-state index is -0.373. The fourth-order valence-electron chi connectivity index (χ4n) is 4.84. The van der Waals surface area contributed by atoms with Gasteiger partial charge >= 0.3 is 0 Å². The Kier molecular flexibility index (Phi) is 9.27. The van der Waals surface area contributed by atoms with Gasteiger partial charge in [0, 0.05) is 23.9 Å². The van der Waals surface area contributed by atoms with Crippen molar-refractivity contribution in [2.45, 2.75) is 32.8 Å². The molecule has 1 aliphatic rings. The Morgan fingerprint density at radius 2 is 1.20 bits per heavy atom. The van der Waals surface area contributed by atoms with E-state index in [9.17, 15) is 5.11 Å². The van der Waals surface area contributed by atoms with Gasteiger partial charge in [-0.2, -0.15) is 0 Å². The molecule has 4 heteroatoms. The Morgan fingerprint density at radius 1 is 0.686 bits per heavy atom. The van der Waals surface area contributed by atoms with Gasteiger partial charge in [0.1, 0.15) is 0 Å². The lowest BCUT2D eigenvalue weighted by atomic mass is 9.64. The molecular weight excluding hydrogens is 436 g/mol. The highest BCUT2D eigenvalue weighted by Gasteiger charge is 2.47. The molecule has 0 radical (unpaired) electrons.